The van der Waals surface area contributed by atoms with Gasteiger partial charge in [-0.25, -0.2) is 0 Å². The van der Waals surface area contributed by atoms with Crippen molar-refractivity contribution in [1.29, 1.82) is 0 Å². The van der Waals surface area contributed by atoms with Crippen LogP contribution in [0.25, 0.3) is 0 Å². The maximum absolute atomic E-state index is 6.17. The van der Waals surface area contributed by atoms with Gasteiger partial charge in [-0.15, -0.1) is 12.4 Å². The normalized spacial score (nSPS) is 11.8. The van der Waals surface area contributed by atoms with Crippen molar-refractivity contribution in [3.8, 4) is 5.75 Å². The summed E-state index contributed by atoms with van der Waals surface area (Å²) in [7, 11) is 1.62. The molecule has 0 aliphatic heterocycles. The second-order valence-electron chi connectivity index (χ2n) is 3.69. The first-order valence-corrected chi connectivity index (χ1v) is 5.63. The van der Waals surface area contributed by atoms with E-state index in [9.17, 15) is 0 Å². The third-order valence-corrected chi connectivity index (χ3v) is 2.83. The van der Waals surface area contributed by atoms with Crippen molar-refractivity contribution < 1.29 is 4.74 Å². The number of methoxy groups -OCH3 is 1. The summed E-state index contributed by atoms with van der Waals surface area (Å²) in [5.41, 5.74) is 7.04. The highest BCUT2D eigenvalue weighted by atomic mass is 35.5. The van der Waals surface area contributed by atoms with Gasteiger partial charge >= 0.3 is 0 Å². The SMILES string of the molecule is CCCC(N)Cc1cccc(OC)c1Cl.Cl. The first-order chi connectivity index (χ1) is 7.19. The Kier molecular flexibility index (Phi) is 7.56. The largest absolute Gasteiger partial charge is 0.495 e. The van der Waals surface area contributed by atoms with Crippen molar-refractivity contribution in [3.05, 3.63) is 28.8 Å². The fraction of sp³-hybridized carbons (Fsp3) is 0.500. The zero-order valence-electron chi connectivity index (χ0n) is 9.70. The minimum Gasteiger partial charge on any atom is -0.495 e. The van der Waals surface area contributed by atoms with Gasteiger partial charge in [0.1, 0.15) is 5.75 Å². The molecule has 1 aromatic rings. The molecule has 0 radical (unpaired) electrons. The van der Waals surface area contributed by atoms with Crippen LogP contribution in [0.4, 0.5) is 0 Å². The van der Waals surface area contributed by atoms with Crippen LogP contribution in [-0.2, 0) is 6.42 Å². The highest BCUT2D eigenvalue weighted by molar-refractivity contribution is 6.32. The molecule has 1 rings (SSSR count). The van der Waals surface area contributed by atoms with Crippen molar-refractivity contribution in [3.63, 3.8) is 0 Å². The number of hydrogen-bond acceptors (Lipinski definition) is 2. The van der Waals surface area contributed by atoms with Crippen LogP contribution >= 0.6 is 24.0 Å². The molecular weight excluding hydrogens is 245 g/mol. The Balaban J connectivity index is 0.00000225. The molecule has 92 valence electrons. The lowest BCUT2D eigenvalue weighted by molar-refractivity contribution is 0.414. The van der Waals surface area contributed by atoms with Gasteiger partial charge in [0, 0.05) is 6.04 Å². The van der Waals surface area contributed by atoms with Gasteiger partial charge in [0.2, 0.25) is 0 Å². The highest BCUT2D eigenvalue weighted by Gasteiger charge is 2.09. The van der Waals surface area contributed by atoms with Gasteiger partial charge < -0.3 is 10.5 Å². The van der Waals surface area contributed by atoms with Crippen molar-refractivity contribution >= 4 is 24.0 Å². The average molecular weight is 264 g/mol. The van der Waals surface area contributed by atoms with Crippen LogP contribution in [0, 0.1) is 0 Å². The second kappa shape index (κ2) is 7.77. The first-order valence-electron chi connectivity index (χ1n) is 5.26. The second-order valence-corrected chi connectivity index (χ2v) is 4.06. The summed E-state index contributed by atoms with van der Waals surface area (Å²) in [6.45, 7) is 2.13. The third-order valence-electron chi connectivity index (χ3n) is 2.40. The molecule has 0 spiro atoms. The maximum Gasteiger partial charge on any atom is 0.137 e. The van der Waals surface area contributed by atoms with E-state index >= 15 is 0 Å². The molecule has 0 fully saturated rings. The van der Waals surface area contributed by atoms with Crippen LogP contribution < -0.4 is 10.5 Å². The van der Waals surface area contributed by atoms with Crippen LogP contribution in [-0.4, -0.2) is 13.2 Å². The third kappa shape index (κ3) is 4.20. The van der Waals surface area contributed by atoms with E-state index in [1.165, 1.54) is 0 Å². The zero-order chi connectivity index (χ0) is 11.3. The van der Waals surface area contributed by atoms with E-state index in [-0.39, 0.29) is 18.4 Å². The monoisotopic (exact) mass is 263 g/mol. The van der Waals surface area contributed by atoms with Crippen LogP contribution in [0.1, 0.15) is 25.3 Å². The lowest BCUT2D eigenvalue weighted by Gasteiger charge is -2.13. The summed E-state index contributed by atoms with van der Waals surface area (Å²) >= 11 is 6.17. The Morgan fingerprint density at radius 1 is 1.44 bits per heavy atom. The first kappa shape index (κ1) is 15.6. The highest BCUT2D eigenvalue weighted by Crippen LogP contribution is 2.28. The van der Waals surface area contributed by atoms with Gasteiger partial charge in [-0.2, -0.15) is 0 Å². The van der Waals surface area contributed by atoms with Crippen molar-refractivity contribution in [2.75, 3.05) is 7.11 Å². The minimum absolute atomic E-state index is 0. The van der Waals surface area contributed by atoms with Gasteiger partial charge in [-0.05, 0) is 24.5 Å². The lowest BCUT2D eigenvalue weighted by atomic mass is 10.0. The molecule has 0 aliphatic carbocycles. The number of benzene rings is 1. The Morgan fingerprint density at radius 3 is 2.69 bits per heavy atom. The summed E-state index contributed by atoms with van der Waals surface area (Å²) < 4.78 is 5.15. The van der Waals surface area contributed by atoms with Gasteiger partial charge in [-0.1, -0.05) is 37.1 Å². The molecule has 2 nitrogen and oxygen atoms in total. The van der Waals surface area contributed by atoms with Crippen molar-refractivity contribution in [1.82, 2.24) is 0 Å². The fourth-order valence-corrected chi connectivity index (χ4v) is 1.91. The zero-order valence-corrected chi connectivity index (χ0v) is 11.3. The molecule has 1 unspecified atom stereocenters. The molecule has 0 saturated heterocycles. The van der Waals surface area contributed by atoms with Crippen molar-refractivity contribution in [2.45, 2.75) is 32.2 Å². The molecule has 0 saturated carbocycles. The molecule has 0 heterocycles. The Bertz CT molecular complexity index is 318. The summed E-state index contributed by atoms with van der Waals surface area (Å²) in [6, 6.07) is 5.98. The summed E-state index contributed by atoms with van der Waals surface area (Å²) in [4.78, 5) is 0. The summed E-state index contributed by atoms with van der Waals surface area (Å²) in [5.74, 6) is 0.720. The predicted molar refractivity (Wildman–Crippen MR) is 71.8 cm³/mol. The van der Waals surface area contributed by atoms with Gasteiger partial charge in [-0.3, -0.25) is 0 Å². The molecule has 2 N–H and O–H groups in total. The fourth-order valence-electron chi connectivity index (χ4n) is 1.63. The van der Waals surface area contributed by atoms with E-state index in [1.807, 2.05) is 18.2 Å². The number of halogens is 2. The lowest BCUT2D eigenvalue weighted by Crippen LogP contribution is -2.22. The van der Waals surface area contributed by atoms with Crippen LogP contribution in [0.3, 0.4) is 0 Å². The molecule has 1 atom stereocenters. The standard InChI is InChI=1S/C12H18ClNO.ClH/c1-3-5-10(14)8-9-6-4-7-11(15-2)12(9)13;/h4,6-7,10H,3,5,8,14H2,1-2H3;1H. The predicted octanol–water partition coefficient (Wildman–Crippen LogP) is 3.44. The van der Waals surface area contributed by atoms with E-state index in [4.69, 9.17) is 22.1 Å². The minimum atomic E-state index is 0. The molecule has 16 heavy (non-hydrogen) atoms. The molecule has 0 aromatic heterocycles. The number of rotatable bonds is 5. The van der Waals surface area contributed by atoms with Crippen LogP contribution in [0.2, 0.25) is 5.02 Å². The van der Waals surface area contributed by atoms with Crippen LogP contribution in [0.15, 0.2) is 18.2 Å². The molecular formula is C12H19Cl2NO. The average Bonchev–Trinajstić information content (AvgIpc) is 2.21. The van der Waals surface area contributed by atoms with Gasteiger partial charge in [0.05, 0.1) is 12.1 Å². The molecule has 0 amide bonds. The quantitative estimate of drug-likeness (QED) is 0.884. The van der Waals surface area contributed by atoms with E-state index in [0.717, 1.165) is 30.6 Å². The van der Waals surface area contributed by atoms with Crippen LogP contribution in [0.5, 0.6) is 5.75 Å². The molecule has 1 aromatic carbocycles. The Labute approximate surface area is 109 Å². The molecule has 0 bridgehead atoms. The van der Waals surface area contributed by atoms with E-state index in [2.05, 4.69) is 6.92 Å². The summed E-state index contributed by atoms with van der Waals surface area (Å²) in [5, 5.41) is 0.687. The number of hydrogen-bond donors (Lipinski definition) is 1. The number of nitrogens with two attached hydrogens (primary N) is 1. The molecule has 0 aliphatic rings. The Hall–Kier alpha value is -0.440. The van der Waals surface area contributed by atoms with Gasteiger partial charge in [0.25, 0.3) is 0 Å². The van der Waals surface area contributed by atoms with Gasteiger partial charge in [0.15, 0.2) is 0 Å². The van der Waals surface area contributed by atoms with E-state index < -0.39 is 0 Å². The topological polar surface area (TPSA) is 35.2 Å². The van der Waals surface area contributed by atoms with Crippen molar-refractivity contribution in [2.24, 2.45) is 5.73 Å². The van der Waals surface area contributed by atoms with E-state index in [0.29, 0.717) is 5.02 Å². The maximum atomic E-state index is 6.17. The van der Waals surface area contributed by atoms with E-state index in [1.54, 1.807) is 7.11 Å². The molecule has 4 heteroatoms. The Morgan fingerprint density at radius 2 is 2.12 bits per heavy atom. The summed E-state index contributed by atoms with van der Waals surface area (Å²) in [6.07, 6.45) is 2.93. The number of ether oxygens (including phenoxy) is 1. The smallest absolute Gasteiger partial charge is 0.137 e.